The molecule has 0 aromatic heterocycles. The average molecular weight is 353 g/mol. The van der Waals surface area contributed by atoms with Gasteiger partial charge in [0.05, 0.1) is 11.3 Å². The van der Waals surface area contributed by atoms with Crippen molar-refractivity contribution in [1.29, 1.82) is 0 Å². The van der Waals surface area contributed by atoms with E-state index in [1.807, 2.05) is 31.2 Å². The van der Waals surface area contributed by atoms with Gasteiger partial charge in [0, 0.05) is 12.8 Å². The molecule has 0 aliphatic carbocycles. The fraction of sp³-hybridized carbons (Fsp3) is 0.250. The highest BCUT2D eigenvalue weighted by Gasteiger charge is 2.30. The van der Waals surface area contributed by atoms with E-state index in [-0.39, 0.29) is 37.9 Å². The largest absolute Gasteiger partial charge is 0.490 e. The molecule has 0 radical (unpaired) electrons. The lowest BCUT2D eigenvalue weighted by molar-refractivity contribution is -0.121. The Morgan fingerprint density at radius 2 is 1.54 bits per heavy atom. The summed E-state index contributed by atoms with van der Waals surface area (Å²) < 4.78 is 10.7. The Kier molecular flexibility index (Phi) is 5.31. The Labute approximate surface area is 151 Å². The Morgan fingerprint density at radius 1 is 0.923 bits per heavy atom. The lowest BCUT2D eigenvalue weighted by atomic mass is 10.2. The van der Waals surface area contributed by atoms with E-state index in [4.69, 9.17) is 9.47 Å². The Morgan fingerprint density at radius 3 is 2.15 bits per heavy atom. The van der Waals surface area contributed by atoms with Crippen molar-refractivity contribution in [2.24, 2.45) is 0 Å². The topological polar surface area (TPSA) is 72.9 Å². The maximum absolute atomic E-state index is 12.0. The molecular formula is C20H19NO5. The molecule has 1 aliphatic heterocycles. The summed E-state index contributed by atoms with van der Waals surface area (Å²) in [4.78, 5) is 36.6. The molecule has 0 N–H and O–H groups in total. The second-order valence-corrected chi connectivity index (χ2v) is 5.97. The molecule has 3 rings (SSSR count). The summed E-state index contributed by atoms with van der Waals surface area (Å²) in [6, 6.07) is 13.8. The van der Waals surface area contributed by atoms with Gasteiger partial charge in [-0.05, 0) is 43.3 Å². The molecule has 6 nitrogen and oxygen atoms in total. The summed E-state index contributed by atoms with van der Waals surface area (Å²) in [6.45, 7) is 2.37. The minimum absolute atomic E-state index is 0.123. The van der Waals surface area contributed by atoms with Crippen molar-refractivity contribution in [2.45, 2.75) is 19.8 Å². The molecule has 0 atom stereocenters. The number of imide groups is 1. The molecule has 1 heterocycles. The first kappa shape index (κ1) is 17.7. The first-order valence-electron chi connectivity index (χ1n) is 8.37. The summed E-state index contributed by atoms with van der Waals surface area (Å²) >= 11 is 0. The Hall–Kier alpha value is -3.15. The van der Waals surface area contributed by atoms with Crippen LogP contribution in [0.3, 0.4) is 0 Å². The third kappa shape index (κ3) is 4.08. The van der Waals surface area contributed by atoms with Crippen LogP contribution in [0, 0.1) is 6.92 Å². The van der Waals surface area contributed by atoms with Crippen LogP contribution in [0.5, 0.6) is 5.75 Å². The maximum Gasteiger partial charge on any atom is 0.338 e. The van der Waals surface area contributed by atoms with Crippen LogP contribution in [0.2, 0.25) is 0 Å². The highest BCUT2D eigenvalue weighted by molar-refractivity contribution is 6.19. The highest BCUT2D eigenvalue weighted by atomic mass is 16.6. The first-order valence-corrected chi connectivity index (χ1v) is 8.37. The zero-order valence-electron chi connectivity index (χ0n) is 14.4. The molecule has 6 heteroatoms. The smallest absolute Gasteiger partial charge is 0.338 e. The van der Waals surface area contributed by atoms with Crippen LogP contribution in [0.15, 0.2) is 48.5 Å². The van der Waals surface area contributed by atoms with Gasteiger partial charge in [-0.15, -0.1) is 0 Å². The van der Waals surface area contributed by atoms with Crippen molar-refractivity contribution in [1.82, 2.24) is 0 Å². The molecule has 2 amide bonds. The zero-order chi connectivity index (χ0) is 18.5. The van der Waals surface area contributed by atoms with E-state index >= 15 is 0 Å². The first-order chi connectivity index (χ1) is 12.5. The molecule has 0 unspecified atom stereocenters. The van der Waals surface area contributed by atoms with E-state index in [0.717, 1.165) is 16.2 Å². The normalized spacial score (nSPS) is 13.8. The van der Waals surface area contributed by atoms with Gasteiger partial charge in [-0.3, -0.25) is 14.5 Å². The van der Waals surface area contributed by atoms with E-state index in [9.17, 15) is 14.4 Å². The van der Waals surface area contributed by atoms with Gasteiger partial charge >= 0.3 is 5.97 Å². The fourth-order valence-electron chi connectivity index (χ4n) is 2.62. The van der Waals surface area contributed by atoms with Crippen molar-refractivity contribution in [3.63, 3.8) is 0 Å². The second kappa shape index (κ2) is 7.82. The molecular weight excluding hydrogens is 334 g/mol. The lowest BCUT2D eigenvalue weighted by Gasteiger charge is -2.14. The third-order valence-electron chi connectivity index (χ3n) is 4.02. The molecule has 1 fully saturated rings. The maximum atomic E-state index is 12.0. The number of esters is 1. The monoisotopic (exact) mass is 353 g/mol. The summed E-state index contributed by atoms with van der Waals surface area (Å²) in [5.74, 6) is -0.212. The van der Waals surface area contributed by atoms with Gasteiger partial charge in [-0.1, -0.05) is 17.7 Å². The molecule has 0 spiro atoms. The molecule has 134 valence electrons. The van der Waals surface area contributed by atoms with Crippen LogP contribution < -0.4 is 9.64 Å². The number of hydrogen-bond acceptors (Lipinski definition) is 5. The van der Waals surface area contributed by atoms with E-state index in [0.29, 0.717) is 11.3 Å². The molecule has 0 bridgehead atoms. The number of rotatable bonds is 6. The van der Waals surface area contributed by atoms with Gasteiger partial charge in [-0.2, -0.15) is 0 Å². The van der Waals surface area contributed by atoms with Crippen molar-refractivity contribution >= 4 is 23.5 Å². The number of nitrogens with zero attached hydrogens (tertiary/aromatic N) is 1. The average Bonchev–Trinajstić information content (AvgIpc) is 2.98. The molecule has 2 aromatic carbocycles. The Bertz CT molecular complexity index is 795. The molecule has 26 heavy (non-hydrogen) atoms. The van der Waals surface area contributed by atoms with Crippen molar-refractivity contribution in [3.8, 4) is 5.75 Å². The SMILES string of the molecule is Cc1ccc(OCCOC(=O)c2ccc(N3C(=O)CCC3=O)cc2)cc1. The summed E-state index contributed by atoms with van der Waals surface area (Å²) in [6.07, 6.45) is 0.452. The van der Waals surface area contributed by atoms with Crippen LogP contribution in [-0.4, -0.2) is 31.0 Å². The van der Waals surface area contributed by atoms with Crippen molar-refractivity contribution in [2.75, 3.05) is 18.1 Å². The number of carbonyl (C=O) groups is 3. The van der Waals surface area contributed by atoms with Gasteiger partial charge in [0.25, 0.3) is 0 Å². The van der Waals surface area contributed by atoms with Crippen LogP contribution >= 0.6 is 0 Å². The van der Waals surface area contributed by atoms with Crippen LogP contribution in [0.4, 0.5) is 5.69 Å². The van der Waals surface area contributed by atoms with E-state index < -0.39 is 5.97 Å². The summed E-state index contributed by atoms with van der Waals surface area (Å²) in [5.41, 5.74) is 1.96. The van der Waals surface area contributed by atoms with Crippen molar-refractivity contribution < 1.29 is 23.9 Å². The zero-order valence-corrected chi connectivity index (χ0v) is 14.4. The van der Waals surface area contributed by atoms with Gasteiger partial charge in [0.2, 0.25) is 11.8 Å². The van der Waals surface area contributed by atoms with E-state index in [2.05, 4.69) is 0 Å². The lowest BCUT2D eigenvalue weighted by Crippen LogP contribution is -2.28. The molecule has 0 saturated carbocycles. The van der Waals surface area contributed by atoms with Crippen molar-refractivity contribution in [3.05, 3.63) is 59.7 Å². The van der Waals surface area contributed by atoms with Gasteiger partial charge < -0.3 is 9.47 Å². The minimum atomic E-state index is -0.483. The quantitative estimate of drug-likeness (QED) is 0.454. The number of carbonyl (C=O) groups excluding carboxylic acids is 3. The van der Waals surface area contributed by atoms with Crippen LogP contribution in [0.1, 0.15) is 28.8 Å². The predicted octanol–water partition coefficient (Wildman–Crippen LogP) is 2.88. The molecule has 1 aliphatic rings. The van der Waals surface area contributed by atoms with Crippen LogP contribution in [0.25, 0.3) is 0 Å². The number of aryl methyl sites for hydroxylation is 1. The van der Waals surface area contributed by atoms with Gasteiger partial charge in [-0.25, -0.2) is 4.79 Å². The minimum Gasteiger partial charge on any atom is -0.490 e. The van der Waals surface area contributed by atoms with Crippen LogP contribution in [-0.2, 0) is 14.3 Å². The van der Waals surface area contributed by atoms with E-state index in [1.54, 1.807) is 12.1 Å². The standard InChI is InChI=1S/C20H19NO5/c1-14-2-8-17(9-3-14)25-12-13-26-20(24)15-4-6-16(7-5-15)21-18(22)10-11-19(21)23/h2-9H,10-13H2,1H3. The fourth-order valence-corrected chi connectivity index (χ4v) is 2.62. The number of anilines is 1. The summed E-state index contributed by atoms with van der Waals surface area (Å²) in [5, 5.41) is 0. The number of amides is 2. The van der Waals surface area contributed by atoms with E-state index in [1.165, 1.54) is 12.1 Å². The molecule has 2 aromatic rings. The Balaban J connectivity index is 1.49. The van der Waals surface area contributed by atoms with Gasteiger partial charge in [0.15, 0.2) is 0 Å². The third-order valence-corrected chi connectivity index (χ3v) is 4.02. The number of benzene rings is 2. The highest BCUT2D eigenvalue weighted by Crippen LogP contribution is 2.23. The number of ether oxygens (including phenoxy) is 2. The second-order valence-electron chi connectivity index (χ2n) is 5.97. The summed E-state index contributed by atoms with van der Waals surface area (Å²) in [7, 11) is 0. The molecule has 1 saturated heterocycles. The predicted molar refractivity (Wildman–Crippen MR) is 95.1 cm³/mol. The number of hydrogen-bond donors (Lipinski definition) is 0. The van der Waals surface area contributed by atoms with Gasteiger partial charge in [0.1, 0.15) is 19.0 Å².